The lowest BCUT2D eigenvalue weighted by Crippen LogP contribution is -2.71. The van der Waals surface area contributed by atoms with E-state index in [1.807, 2.05) is 0 Å². The van der Waals surface area contributed by atoms with Gasteiger partial charge in [-0.15, -0.1) is 0 Å². The van der Waals surface area contributed by atoms with E-state index in [2.05, 4.69) is 15.3 Å². The minimum Gasteiger partial charge on any atom is -0.468 e. The molecule has 1 aliphatic carbocycles. The van der Waals surface area contributed by atoms with Crippen LogP contribution in [-0.4, -0.2) is 103 Å². The number of fused-ring (bicyclic) bond motifs is 1. The van der Waals surface area contributed by atoms with E-state index in [9.17, 15) is 33.6 Å². The third kappa shape index (κ3) is 3.59. The van der Waals surface area contributed by atoms with Gasteiger partial charge in [-0.3, -0.25) is 10.2 Å². The van der Waals surface area contributed by atoms with Crippen LogP contribution in [0.3, 0.4) is 0 Å². The number of rotatable bonds is 7. The Kier molecular flexibility index (Phi) is 8.06. The molecule has 0 saturated carbocycles. The van der Waals surface area contributed by atoms with Crippen LogP contribution < -0.4 is 5.43 Å². The summed E-state index contributed by atoms with van der Waals surface area (Å²) in [5.74, 6) is -10.5. The highest BCUT2D eigenvalue weighted by Crippen LogP contribution is 2.56. The fraction of sp³-hybridized carbons (Fsp3) is 0.429. The predicted octanol–water partition coefficient (Wildman–Crippen LogP) is -2.51. The highest BCUT2D eigenvalue weighted by Gasteiger charge is 2.80. The van der Waals surface area contributed by atoms with E-state index in [0.29, 0.717) is 0 Å². The monoisotopic (exact) mass is 526 g/mol. The molecule has 2 aliphatic rings. The smallest absolute Gasteiger partial charge is 0.355 e. The molecule has 0 bridgehead atoms. The average molecular weight is 526 g/mol. The molecular weight excluding hydrogens is 504 g/mol. The number of carbonyl (C=O) groups excluding carboxylic acids is 7. The maximum Gasteiger partial charge on any atom is 0.355 e. The topological polar surface area (TPSA) is 208 Å². The fourth-order valence-corrected chi connectivity index (χ4v) is 4.24. The van der Waals surface area contributed by atoms with Crippen molar-refractivity contribution >= 4 is 47.5 Å². The summed E-state index contributed by atoms with van der Waals surface area (Å²) in [7, 11) is 5.84. The van der Waals surface area contributed by atoms with E-state index in [1.165, 1.54) is 0 Å². The second-order valence-corrected chi connectivity index (χ2v) is 7.01. The van der Waals surface area contributed by atoms with Crippen molar-refractivity contribution in [1.82, 2.24) is 5.43 Å². The van der Waals surface area contributed by atoms with Crippen LogP contribution in [0.4, 0.5) is 0 Å². The van der Waals surface area contributed by atoms with Crippen LogP contribution in [0.1, 0.15) is 0 Å². The molecule has 0 aromatic heterocycles. The lowest BCUT2D eigenvalue weighted by Gasteiger charge is -2.45. The number of nitrogens with zero attached hydrogens (tertiary/aromatic N) is 1. The minimum absolute atomic E-state index is 0.802. The van der Waals surface area contributed by atoms with Gasteiger partial charge in [0.1, 0.15) is 0 Å². The zero-order valence-electron chi connectivity index (χ0n) is 20.7. The van der Waals surface area contributed by atoms with E-state index < -0.39 is 80.7 Å². The Bertz CT molecular complexity index is 1200. The van der Waals surface area contributed by atoms with E-state index in [0.717, 1.165) is 49.8 Å². The largest absolute Gasteiger partial charge is 0.468 e. The SMILES string of the molecule is COC(=O)C1=NNC2(C(=O)OC)C(C(=O)OC)=C(C(=O)OC)C(C(=O)OC)=C(C(=O)OC)C12C(=O)OC. The third-order valence-corrected chi connectivity index (χ3v) is 5.67. The summed E-state index contributed by atoms with van der Waals surface area (Å²) in [6, 6.07) is 0. The van der Waals surface area contributed by atoms with Crippen molar-refractivity contribution in [2.24, 2.45) is 10.5 Å². The van der Waals surface area contributed by atoms with Gasteiger partial charge in [0, 0.05) is 0 Å². The first-order valence-corrected chi connectivity index (χ1v) is 9.91. The van der Waals surface area contributed by atoms with Gasteiger partial charge in [0.05, 0.1) is 72.1 Å². The molecule has 16 heteroatoms. The summed E-state index contributed by atoms with van der Waals surface area (Å²) in [6.07, 6.45) is 0. The predicted molar refractivity (Wildman–Crippen MR) is 114 cm³/mol. The summed E-state index contributed by atoms with van der Waals surface area (Å²) in [5, 5.41) is 3.71. The second kappa shape index (κ2) is 10.5. The Morgan fingerprint density at radius 2 is 0.946 bits per heavy atom. The zero-order chi connectivity index (χ0) is 28.3. The van der Waals surface area contributed by atoms with Gasteiger partial charge in [-0.1, -0.05) is 0 Å². The molecule has 2 rings (SSSR count). The van der Waals surface area contributed by atoms with Crippen LogP contribution in [0.15, 0.2) is 27.4 Å². The van der Waals surface area contributed by atoms with Crippen molar-refractivity contribution in [1.29, 1.82) is 0 Å². The Morgan fingerprint density at radius 3 is 1.35 bits per heavy atom. The molecule has 1 aliphatic heterocycles. The maximum atomic E-state index is 13.7. The second-order valence-electron chi connectivity index (χ2n) is 7.01. The van der Waals surface area contributed by atoms with Gasteiger partial charge >= 0.3 is 41.8 Å². The molecule has 2 atom stereocenters. The highest BCUT2D eigenvalue weighted by atomic mass is 16.6. The van der Waals surface area contributed by atoms with Gasteiger partial charge in [0.25, 0.3) is 0 Å². The number of esters is 7. The summed E-state index contributed by atoms with van der Waals surface area (Å²) in [5.41, 5.74) is -9.53. The lowest BCUT2D eigenvalue weighted by molar-refractivity contribution is -0.164. The number of hydrogen-bond acceptors (Lipinski definition) is 16. The van der Waals surface area contributed by atoms with Crippen LogP contribution in [0.5, 0.6) is 0 Å². The van der Waals surface area contributed by atoms with E-state index >= 15 is 0 Å². The lowest BCUT2D eigenvalue weighted by atomic mass is 9.54. The molecular formula is C21H22N2O14. The molecule has 0 radical (unpaired) electrons. The van der Waals surface area contributed by atoms with Crippen LogP contribution >= 0.6 is 0 Å². The van der Waals surface area contributed by atoms with Crippen LogP contribution in [0.2, 0.25) is 0 Å². The summed E-state index contributed by atoms with van der Waals surface area (Å²) in [6.45, 7) is 0. The fourth-order valence-electron chi connectivity index (χ4n) is 4.24. The molecule has 0 fully saturated rings. The molecule has 1 heterocycles. The van der Waals surface area contributed by atoms with E-state index in [4.69, 9.17) is 28.4 Å². The third-order valence-electron chi connectivity index (χ3n) is 5.67. The van der Waals surface area contributed by atoms with E-state index in [-0.39, 0.29) is 0 Å². The molecule has 0 aromatic carbocycles. The summed E-state index contributed by atoms with van der Waals surface area (Å²) >= 11 is 0. The standard InChI is InChI=1S/C21H22N2O14/c1-31-13(24)8-9(14(25)32-2)11(16(27)34-4)21(19(30)37-7)20(18(29)36-6,10(8)15(26)33-3)12(22-23-21)17(28)35-5/h23H,1-7H3. The first-order valence-electron chi connectivity index (χ1n) is 9.91. The quantitative estimate of drug-likeness (QED) is 0.268. The Labute approximate surface area is 208 Å². The van der Waals surface area contributed by atoms with Crippen LogP contribution in [0.25, 0.3) is 0 Å². The number of ether oxygens (including phenoxy) is 7. The maximum absolute atomic E-state index is 13.7. The normalized spacial score (nSPS) is 22.0. The van der Waals surface area contributed by atoms with Crippen molar-refractivity contribution in [3.63, 3.8) is 0 Å². The Morgan fingerprint density at radius 1 is 0.541 bits per heavy atom. The van der Waals surface area contributed by atoms with Crippen molar-refractivity contribution in [2.75, 3.05) is 49.8 Å². The molecule has 0 aromatic rings. The van der Waals surface area contributed by atoms with Gasteiger partial charge in [-0.05, 0) is 0 Å². The van der Waals surface area contributed by atoms with Crippen LogP contribution in [-0.2, 0) is 66.7 Å². The first kappa shape index (κ1) is 28.5. The highest BCUT2D eigenvalue weighted by molar-refractivity contribution is 6.48. The average Bonchev–Trinajstić information content (AvgIpc) is 3.29. The van der Waals surface area contributed by atoms with E-state index in [1.54, 1.807) is 0 Å². The first-order chi connectivity index (χ1) is 17.5. The van der Waals surface area contributed by atoms with Crippen molar-refractivity contribution in [3.05, 3.63) is 22.3 Å². The Hall–Kier alpha value is -4.76. The number of hydrazone groups is 1. The molecule has 1 N–H and O–H groups in total. The summed E-state index contributed by atoms with van der Waals surface area (Å²) in [4.78, 5) is 92.8. The van der Waals surface area contributed by atoms with Crippen molar-refractivity contribution in [2.45, 2.75) is 5.54 Å². The molecule has 200 valence electrons. The minimum atomic E-state index is -3.17. The Balaban J connectivity index is 3.53. The molecule has 16 nitrogen and oxygen atoms in total. The van der Waals surface area contributed by atoms with Crippen LogP contribution in [0, 0.1) is 5.41 Å². The van der Waals surface area contributed by atoms with Gasteiger partial charge in [0.15, 0.2) is 11.1 Å². The molecule has 0 amide bonds. The van der Waals surface area contributed by atoms with Gasteiger partial charge in [-0.2, -0.15) is 5.10 Å². The van der Waals surface area contributed by atoms with Crippen molar-refractivity contribution in [3.8, 4) is 0 Å². The van der Waals surface area contributed by atoms with Crippen molar-refractivity contribution < 1.29 is 66.7 Å². The number of carbonyl (C=O) groups is 7. The number of nitrogens with one attached hydrogen (secondary N) is 1. The molecule has 0 saturated heterocycles. The summed E-state index contributed by atoms with van der Waals surface area (Å²) < 4.78 is 33.3. The zero-order valence-corrected chi connectivity index (χ0v) is 20.7. The molecule has 37 heavy (non-hydrogen) atoms. The van der Waals surface area contributed by atoms with Gasteiger partial charge in [-0.25, -0.2) is 28.8 Å². The number of methoxy groups -OCH3 is 7. The van der Waals surface area contributed by atoms with Gasteiger partial charge < -0.3 is 33.2 Å². The van der Waals surface area contributed by atoms with Gasteiger partial charge in [0.2, 0.25) is 5.54 Å². The number of hydrogen-bond donors (Lipinski definition) is 1. The molecule has 0 spiro atoms. The molecule has 2 unspecified atom stereocenters.